The molecule has 3 aromatic rings. The maximum Gasteiger partial charge on any atom is 0.344 e. The number of benzene rings is 1. The maximum absolute atomic E-state index is 12.8. The molecule has 142 valence electrons. The predicted octanol–water partition coefficient (Wildman–Crippen LogP) is 1.95. The van der Waals surface area contributed by atoms with Crippen molar-refractivity contribution in [2.45, 2.75) is 20.1 Å². The zero-order chi connectivity index (χ0) is 19.2. The van der Waals surface area contributed by atoms with E-state index in [1.807, 2.05) is 6.92 Å². The monoisotopic (exact) mass is 393 g/mol. The second-order valence-electron chi connectivity index (χ2n) is 5.32. The summed E-state index contributed by atoms with van der Waals surface area (Å²) in [5.41, 5.74) is -0.0608. The van der Waals surface area contributed by atoms with Crippen molar-refractivity contribution >= 4 is 22.3 Å². The molecule has 0 atom stereocenters. The summed E-state index contributed by atoms with van der Waals surface area (Å²) in [6.45, 7) is 2.19. The summed E-state index contributed by atoms with van der Waals surface area (Å²) in [5.74, 6) is -0.689. The molecule has 10 heteroatoms. The van der Waals surface area contributed by atoms with Crippen molar-refractivity contribution < 1.29 is 23.4 Å². The number of rotatable bonds is 8. The minimum atomic E-state index is -0.636. The lowest BCUT2D eigenvalue weighted by Gasteiger charge is -2.06. The van der Waals surface area contributed by atoms with Gasteiger partial charge in [0.1, 0.15) is 29.8 Å². The van der Waals surface area contributed by atoms with E-state index >= 15 is 0 Å². The molecule has 3 rings (SSSR count). The SMILES string of the molecule is CCOCc1nn2c(=O)cc(COC(=O)COc3ccc(F)cc3)nc2s1. The van der Waals surface area contributed by atoms with Crippen LogP contribution < -0.4 is 10.3 Å². The third kappa shape index (κ3) is 5.08. The molecule has 0 bridgehead atoms. The molecule has 8 nitrogen and oxygen atoms in total. The van der Waals surface area contributed by atoms with Crippen LogP contribution in [0.15, 0.2) is 35.1 Å². The maximum atomic E-state index is 12.8. The molecule has 1 aromatic carbocycles. The van der Waals surface area contributed by atoms with Gasteiger partial charge in [0.25, 0.3) is 5.56 Å². The van der Waals surface area contributed by atoms with E-state index < -0.39 is 11.8 Å². The highest BCUT2D eigenvalue weighted by Gasteiger charge is 2.11. The van der Waals surface area contributed by atoms with Crippen molar-refractivity contribution in [3.63, 3.8) is 0 Å². The van der Waals surface area contributed by atoms with Gasteiger partial charge in [-0.05, 0) is 31.2 Å². The third-order valence-electron chi connectivity index (χ3n) is 3.32. The number of hydrogen-bond acceptors (Lipinski definition) is 8. The van der Waals surface area contributed by atoms with Crippen LogP contribution in [0, 0.1) is 5.82 Å². The number of esters is 1. The van der Waals surface area contributed by atoms with Gasteiger partial charge in [-0.2, -0.15) is 9.61 Å². The van der Waals surface area contributed by atoms with Gasteiger partial charge in [0.05, 0.1) is 5.69 Å². The Morgan fingerprint density at radius 3 is 2.78 bits per heavy atom. The fourth-order valence-electron chi connectivity index (χ4n) is 2.09. The zero-order valence-corrected chi connectivity index (χ0v) is 15.2. The Morgan fingerprint density at radius 2 is 2.04 bits per heavy atom. The van der Waals surface area contributed by atoms with Crippen LogP contribution in [0.5, 0.6) is 5.75 Å². The first kappa shape index (κ1) is 18.9. The van der Waals surface area contributed by atoms with Gasteiger partial charge in [-0.25, -0.2) is 14.2 Å². The van der Waals surface area contributed by atoms with Crippen LogP contribution in [0.3, 0.4) is 0 Å². The third-order valence-corrected chi connectivity index (χ3v) is 4.20. The Labute approximate surface area is 157 Å². The van der Waals surface area contributed by atoms with E-state index in [0.717, 1.165) is 0 Å². The van der Waals surface area contributed by atoms with Gasteiger partial charge in [-0.3, -0.25) is 4.79 Å². The molecular weight excluding hydrogens is 377 g/mol. The number of fused-ring (bicyclic) bond motifs is 1. The molecule has 0 N–H and O–H groups in total. The van der Waals surface area contributed by atoms with Crippen LogP contribution in [0.4, 0.5) is 4.39 Å². The van der Waals surface area contributed by atoms with Crippen molar-refractivity contribution in [1.29, 1.82) is 0 Å². The van der Waals surface area contributed by atoms with Gasteiger partial charge in [0, 0.05) is 12.7 Å². The quantitative estimate of drug-likeness (QED) is 0.540. The fraction of sp³-hybridized carbons (Fsp3) is 0.294. The summed E-state index contributed by atoms with van der Waals surface area (Å²) < 4.78 is 29.5. The van der Waals surface area contributed by atoms with E-state index in [9.17, 15) is 14.0 Å². The van der Waals surface area contributed by atoms with E-state index in [-0.39, 0.29) is 18.8 Å². The highest BCUT2D eigenvalue weighted by atomic mass is 32.1. The van der Waals surface area contributed by atoms with Gasteiger partial charge in [-0.1, -0.05) is 11.3 Å². The molecule has 0 radical (unpaired) electrons. The van der Waals surface area contributed by atoms with Gasteiger partial charge in [0.15, 0.2) is 6.61 Å². The van der Waals surface area contributed by atoms with Gasteiger partial charge in [-0.15, -0.1) is 0 Å². The summed E-state index contributed by atoms with van der Waals surface area (Å²) in [7, 11) is 0. The van der Waals surface area contributed by atoms with Crippen LogP contribution in [-0.4, -0.2) is 33.8 Å². The molecule has 2 aromatic heterocycles. The Balaban J connectivity index is 1.58. The second kappa shape index (κ2) is 8.69. The lowest BCUT2D eigenvalue weighted by Crippen LogP contribution is -2.18. The molecule has 0 spiro atoms. The first-order chi connectivity index (χ1) is 13.0. The van der Waals surface area contributed by atoms with Crippen LogP contribution in [0.25, 0.3) is 4.96 Å². The largest absolute Gasteiger partial charge is 0.482 e. The minimum Gasteiger partial charge on any atom is -0.482 e. The summed E-state index contributed by atoms with van der Waals surface area (Å²) >= 11 is 1.23. The molecule has 0 aliphatic heterocycles. The molecule has 0 fully saturated rings. The number of carbonyl (C=O) groups excluding carboxylic acids is 1. The van der Waals surface area contributed by atoms with E-state index in [2.05, 4.69) is 10.1 Å². The van der Waals surface area contributed by atoms with Crippen LogP contribution in [-0.2, 0) is 27.5 Å². The number of nitrogens with zero attached hydrogens (tertiary/aromatic N) is 3. The van der Waals surface area contributed by atoms with Crippen molar-refractivity contribution in [3.8, 4) is 5.75 Å². The van der Waals surface area contributed by atoms with Crippen LogP contribution in [0.2, 0.25) is 0 Å². The Bertz CT molecular complexity index is 986. The molecule has 2 heterocycles. The van der Waals surface area contributed by atoms with E-state index in [1.165, 1.54) is 46.2 Å². The number of carbonyl (C=O) groups is 1. The lowest BCUT2D eigenvalue weighted by molar-refractivity contribution is -0.147. The Morgan fingerprint density at radius 1 is 1.26 bits per heavy atom. The first-order valence-corrected chi connectivity index (χ1v) is 8.87. The van der Waals surface area contributed by atoms with Gasteiger partial charge < -0.3 is 14.2 Å². The summed E-state index contributed by atoms with van der Waals surface area (Å²) in [6, 6.07) is 6.51. The molecule has 0 aliphatic carbocycles. The highest BCUT2D eigenvalue weighted by Crippen LogP contribution is 2.13. The molecule has 0 saturated carbocycles. The topological polar surface area (TPSA) is 92.0 Å². The summed E-state index contributed by atoms with van der Waals surface area (Å²) in [5, 5.41) is 4.76. The highest BCUT2D eigenvalue weighted by molar-refractivity contribution is 7.16. The zero-order valence-electron chi connectivity index (χ0n) is 14.4. The van der Waals surface area contributed by atoms with Gasteiger partial charge in [0.2, 0.25) is 4.96 Å². The molecule has 0 aliphatic rings. The molecule has 0 amide bonds. The van der Waals surface area contributed by atoms with Gasteiger partial charge >= 0.3 is 5.97 Å². The van der Waals surface area contributed by atoms with Crippen molar-refractivity contribution in [2.24, 2.45) is 0 Å². The van der Waals surface area contributed by atoms with E-state index in [4.69, 9.17) is 14.2 Å². The number of aromatic nitrogens is 3. The van der Waals surface area contributed by atoms with E-state index in [1.54, 1.807) is 0 Å². The number of ether oxygens (including phenoxy) is 3. The lowest BCUT2D eigenvalue weighted by atomic mass is 10.3. The first-order valence-electron chi connectivity index (χ1n) is 8.05. The summed E-state index contributed by atoms with van der Waals surface area (Å²) in [6.07, 6.45) is 0. The molecule has 0 unspecified atom stereocenters. The van der Waals surface area contributed by atoms with Crippen molar-refractivity contribution in [1.82, 2.24) is 14.6 Å². The second-order valence-corrected chi connectivity index (χ2v) is 6.36. The normalized spacial score (nSPS) is 10.9. The van der Waals surface area contributed by atoms with Crippen molar-refractivity contribution in [2.75, 3.05) is 13.2 Å². The fourth-order valence-corrected chi connectivity index (χ4v) is 2.94. The molecule has 0 saturated heterocycles. The average Bonchev–Trinajstić information content (AvgIpc) is 3.08. The Hall–Kier alpha value is -2.85. The van der Waals surface area contributed by atoms with Crippen LogP contribution in [0.1, 0.15) is 17.6 Å². The average molecular weight is 393 g/mol. The number of hydrogen-bond donors (Lipinski definition) is 0. The molecular formula is C17H16FN3O5S. The smallest absolute Gasteiger partial charge is 0.344 e. The molecule has 27 heavy (non-hydrogen) atoms. The van der Waals surface area contributed by atoms with E-state index in [0.29, 0.717) is 34.6 Å². The predicted molar refractivity (Wildman–Crippen MR) is 94.2 cm³/mol. The summed E-state index contributed by atoms with van der Waals surface area (Å²) in [4.78, 5) is 28.5. The Kier molecular flexibility index (Phi) is 6.09. The van der Waals surface area contributed by atoms with Crippen molar-refractivity contribution in [3.05, 3.63) is 57.2 Å². The van der Waals surface area contributed by atoms with Crippen LogP contribution >= 0.6 is 11.3 Å². The standard InChI is InChI=1S/C17H16FN3O5S/c1-2-24-9-14-20-21-15(22)7-12(19-17(21)27-14)8-26-16(23)10-25-13-5-3-11(18)4-6-13/h3-7H,2,8-10H2,1H3. The number of halogens is 1. The minimum absolute atomic E-state index is 0.171.